The predicted molar refractivity (Wildman–Crippen MR) is 71.7 cm³/mol. The number of halogens is 3. The van der Waals surface area contributed by atoms with Crippen molar-refractivity contribution in [2.45, 2.75) is 32.3 Å². The fraction of sp³-hybridized carbons (Fsp3) is 0.357. The topological polar surface area (TPSA) is 49.9 Å². The summed E-state index contributed by atoms with van der Waals surface area (Å²) >= 11 is 0. The Kier molecular flexibility index (Phi) is 4.52. The van der Waals surface area contributed by atoms with Gasteiger partial charge in [-0.15, -0.1) is 13.2 Å². The number of nitrogens with zero attached hydrogens (tertiary/aromatic N) is 1. The van der Waals surface area contributed by atoms with Crippen molar-refractivity contribution < 1.29 is 17.9 Å². The molecule has 21 heavy (non-hydrogen) atoms. The average molecular weight is 299 g/mol. The van der Waals surface area contributed by atoms with Gasteiger partial charge in [-0.2, -0.15) is 0 Å². The normalized spacial score (nSPS) is 14.7. The Morgan fingerprint density at radius 1 is 1.14 bits per heavy atom. The molecule has 0 amide bonds. The Morgan fingerprint density at radius 3 is 2.33 bits per heavy atom. The molecule has 0 saturated heterocycles. The van der Waals surface area contributed by atoms with Gasteiger partial charge in [0.2, 0.25) is 0 Å². The second-order valence-electron chi connectivity index (χ2n) is 4.70. The van der Waals surface area contributed by atoms with Crippen LogP contribution in [0.5, 0.6) is 5.75 Å². The Balaban J connectivity index is 1.98. The van der Waals surface area contributed by atoms with Crippen LogP contribution in [0.1, 0.15) is 37.3 Å². The van der Waals surface area contributed by atoms with E-state index in [1.165, 1.54) is 12.1 Å². The monoisotopic (exact) mass is 299 g/mol. The van der Waals surface area contributed by atoms with Crippen LogP contribution in [0, 0.1) is 0 Å². The fourth-order valence-corrected chi connectivity index (χ4v) is 2.02. The van der Waals surface area contributed by atoms with Gasteiger partial charge in [0.15, 0.2) is 0 Å². The number of hydrogen-bond donors (Lipinski definition) is 2. The molecule has 2 rings (SSSR count). The molecule has 0 radical (unpaired) electrons. The molecule has 0 bridgehead atoms. The van der Waals surface area contributed by atoms with Crippen molar-refractivity contribution in [2.24, 2.45) is 0 Å². The zero-order valence-corrected chi connectivity index (χ0v) is 11.6. The zero-order chi connectivity index (χ0) is 15.5. The quantitative estimate of drug-likeness (QED) is 0.884. The molecule has 2 N–H and O–H groups in total. The van der Waals surface area contributed by atoms with Gasteiger partial charge in [-0.05, 0) is 31.5 Å². The minimum Gasteiger partial charge on any atom is -0.406 e. The highest BCUT2D eigenvalue weighted by molar-refractivity contribution is 5.29. The summed E-state index contributed by atoms with van der Waals surface area (Å²) in [5, 5.41) is 3.31. The van der Waals surface area contributed by atoms with Crippen LogP contribution < -0.4 is 10.1 Å². The molecule has 4 nitrogen and oxygen atoms in total. The van der Waals surface area contributed by atoms with E-state index in [4.69, 9.17) is 0 Å². The first-order valence-electron chi connectivity index (χ1n) is 6.46. The largest absolute Gasteiger partial charge is 0.573 e. The van der Waals surface area contributed by atoms with Crippen LogP contribution in [-0.4, -0.2) is 16.3 Å². The van der Waals surface area contributed by atoms with Crippen molar-refractivity contribution in [2.75, 3.05) is 0 Å². The molecule has 1 heterocycles. The molecule has 1 aromatic heterocycles. The number of imidazole rings is 1. The van der Waals surface area contributed by atoms with Crippen LogP contribution in [0.3, 0.4) is 0 Å². The second kappa shape index (κ2) is 6.17. The molecule has 0 aliphatic rings. The first-order valence-corrected chi connectivity index (χ1v) is 6.46. The molecule has 114 valence electrons. The van der Waals surface area contributed by atoms with Crippen molar-refractivity contribution in [1.82, 2.24) is 15.3 Å². The lowest BCUT2D eigenvalue weighted by molar-refractivity contribution is -0.274. The summed E-state index contributed by atoms with van der Waals surface area (Å²) in [6.45, 7) is 3.88. The molecule has 0 aliphatic carbocycles. The van der Waals surface area contributed by atoms with Gasteiger partial charge in [0.25, 0.3) is 0 Å². The lowest BCUT2D eigenvalue weighted by atomic mass is 10.1. The molecule has 2 unspecified atom stereocenters. The number of benzene rings is 1. The van der Waals surface area contributed by atoms with Gasteiger partial charge in [0, 0.05) is 18.4 Å². The maximum atomic E-state index is 12.1. The summed E-state index contributed by atoms with van der Waals surface area (Å²) < 4.78 is 40.1. The average Bonchev–Trinajstić information content (AvgIpc) is 2.91. The van der Waals surface area contributed by atoms with E-state index in [0.29, 0.717) is 0 Å². The first-order chi connectivity index (χ1) is 9.85. The van der Waals surface area contributed by atoms with Crippen LogP contribution in [0.15, 0.2) is 36.7 Å². The minimum atomic E-state index is -4.67. The molecule has 0 saturated carbocycles. The van der Waals surface area contributed by atoms with Gasteiger partial charge >= 0.3 is 6.36 Å². The molecule has 1 aromatic carbocycles. The molecule has 0 spiro atoms. The van der Waals surface area contributed by atoms with E-state index in [2.05, 4.69) is 20.0 Å². The summed E-state index contributed by atoms with van der Waals surface area (Å²) in [4.78, 5) is 7.16. The fourth-order valence-electron chi connectivity index (χ4n) is 2.02. The van der Waals surface area contributed by atoms with E-state index in [-0.39, 0.29) is 17.8 Å². The Labute approximate surface area is 120 Å². The second-order valence-corrected chi connectivity index (χ2v) is 4.70. The lowest BCUT2D eigenvalue weighted by Crippen LogP contribution is -2.23. The van der Waals surface area contributed by atoms with Gasteiger partial charge in [0.05, 0.1) is 6.04 Å². The highest BCUT2D eigenvalue weighted by Gasteiger charge is 2.31. The zero-order valence-electron chi connectivity index (χ0n) is 11.6. The number of ether oxygens (including phenoxy) is 1. The molecule has 0 fully saturated rings. The third-order valence-corrected chi connectivity index (χ3v) is 3.04. The standard InChI is InChI=1S/C14H16F3N3O/c1-9(20-10(2)13-18-7-8-19-13)11-3-5-12(6-4-11)21-14(15,16)17/h3-10,20H,1-2H3,(H,18,19). The number of hydrogen-bond acceptors (Lipinski definition) is 3. The summed E-state index contributed by atoms with van der Waals surface area (Å²) in [5.74, 6) is 0.580. The molecule has 7 heteroatoms. The van der Waals surface area contributed by atoms with Crippen LogP contribution >= 0.6 is 0 Å². The Bertz CT molecular complexity index is 552. The van der Waals surface area contributed by atoms with Crippen LogP contribution in [0.25, 0.3) is 0 Å². The summed E-state index contributed by atoms with van der Waals surface area (Å²) in [6, 6.07) is 5.78. The smallest absolute Gasteiger partial charge is 0.406 e. The molecular weight excluding hydrogens is 283 g/mol. The van der Waals surface area contributed by atoms with Crippen molar-refractivity contribution in [3.63, 3.8) is 0 Å². The van der Waals surface area contributed by atoms with E-state index >= 15 is 0 Å². The van der Waals surface area contributed by atoms with Gasteiger partial charge in [-0.25, -0.2) is 4.98 Å². The number of aromatic amines is 1. The first kappa shape index (κ1) is 15.4. The molecular formula is C14H16F3N3O. The molecule has 2 aromatic rings. The highest BCUT2D eigenvalue weighted by atomic mass is 19.4. The van der Waals surface area contributed by atoms with Gasteiger partial charge in [-0.3, -0.25) is 0 Å². The third-order valence-electron chi connectivity index (χ3n) is 3.04. The van der Waals surface area contributed by atoms with E-state index in [9.17, 15) is 13.2 Å². The lowest BCUT2D eigenvalue weighted by Gasteiger charge is -2.19. The highest BCUT2D eigenvalue weighted by Crippen LogP contribution is 2.25. The SMILES string of the molecule is CC(NC(C)c1ncc[nH]1)c1ccc(OC(F)(F)F)cc1. The van der Waals surface area contributed by atoms with Gasteiger partial charge in [0.1, 0.15) is 11.6 Å². The van der Waals surface area contributed by atoms with Crippen molar-refractivity contribution in [3.8, 4) is 5.75 Å². The number of nitrogens with one attached hydrogen (secondary N) is 2. The van der Waals surface area contributed by atoms with E-state index in [0.717, 1.165) is 11.4 Å². The number of aromatic nitrogens is 2. The van der Waals surface area contributed by atoms with Crippen LogP contribution in [0.2, 0.25) is 0 Å². The van der Waals surface area contributed by atoms with Crippen LogP contribution in [-0.2, 0) is 0 Å². The van der Waals surface area contributed by atoms with Crippen molar-refractivity contribution >= 4 is 0 Å². The van der Waals surface area contributed by atoms with Crippen LogP contribution in [0.4, 0.5) is 13.2 Å². The molecule has 2 atom stereocenters. The maximum absolute atomic E-state index is 12.1. The third kappa shape index (κ3) is 4.49. The predicted octanol–water partition coefficient (Wildman–Crippen LogP) is 3.72. The van der Waals surface area contributed by atoms with E-state index in [1.807, 2.05) is 13.8 Å². The maximum Gasteiger partial charge on any atom is 0.573 e. The van der Waals surface area contributed by atoms with Crippen molar-refractivity contribution in [1.29, 1.82) is 0 Å². The van der Waals surface area contributed by atoms with Crippen molar-refractivity contribution in [3.05, 3.63) is 48.0 Å². The summed E-state index contributed by atoms with van der Waals surface area (Å²) in [7, 11) is 0. The molecule has 0 aliphatic heterocycles. The van der Waals surface area contributed by atoms with Gasteiger partial charge < -0.3 is 15.0 Å². The number of rotatable bonds is 5. The minimum absolute atomic E-state index is 0.00102. The number of alkyl halides is 3. The summed E-state index contributed by atoms with van der Waals surface area (Å²) in [6.07, 6.45) is -1.26. The summed E-state index contributed by atoms with van der Waals surface area (Å²) in [5.41, 5.74) is 0.864. The Hall–Kier alpha value is -2.02. The van der Waals surface area contributed by atoms with Gasteiger partial charge in [-0.1, -0.05) is 12.1 Å². The Morgan fingerprint density at radius 2 is 1.81 bits per heavy atom. The van der Waals surface area contributed by atoms with E-state index in [1.54, 1.807) is 24.5 Å². The van der Waals surface area contributed by atoms with E-state index < -0.39 is 6.36 Å². The number of H-pyrrole nitrogens is 1.